The van der Waals surface area contributed by atoms with Gasteiger partial charge in [0.2, 0.25) is 0 Å². The van der Waals surface area contributed by atoms with Gasteiger partial charge in [-0.15, -0.1) is 0 Å². The average Bonchev–Trinajstić information content (AvgIpc) is 2.39. The van der Waals surface area contributed by atoms with Crippen LogP contribution in [0.25, 0.3) is 0 Å². The summed E-state index contributed by atoms with van der Waals surface area (Å²) in [6, 6.07) is 2.48. The predicted molar refractivity (Wildman–Crippen MR) is 81.5 cm³/mol. The molecular weight excluding hydrogens is 236 g/mol. The van der Waals surface area contributed by atoms with Gasteiger partial charge in [-0.3, -0.25) is 9.98 Å². The third-order valence-corrected chi connectivity index (χ3v) is 3.41. The highest BCUT2D eigenvalue weighted by Crippen LogP contribution is 2.05. The molecule has 1 atom stereocenters. The molecule has 0 aromatic carbocycles. The first-order valence-electron chi connectivity index (χ1n) is 6.91. The molecule has 0 aliphatic rings. The van der Waals surface area contributed by atoms with Crippen LogP contribution in [-0.2, 0) is 6.42 Å². The highest BCUT2D eigenvalue weighted by atomic mass is 15.2. The van der Waals surface area contributed by atoms with Crippen LogP contribution in [0.2, 0.25) is 0 Å². The molecule has 1 aromatic heterocycles. The molecule has 106 valence electrons. The molecule has 1 aromatic rings. The topological polar surface area (TPSA) is 49.3 Å². The SMILES string of the molecule is CN=C(NCCc1ccncc1C)NC(C)C(C)C. The van der Waals surface area contributed by atoms with Crippen molar-refractivity contribution in [1.29, 1.82) is 0 Å². The van der Waals surface area contributed by atoms with Crippen molar-refractivity contribution in [2.75, 3.05) is 13.6 Å². The van der Waals surface area contributed by atoms with E-state index in [1.807, 2.05) is 12.4 Å². The minimum absolute atomic E-state index is 0.411. The fourth-order valence-electron chi connectivity index (χ4n) is 1.68. The first-order chi connectivity index (χ1) is 9.04. The van der Waals surface area contributed by atoms with E-state index in [2.05, 4.69) is 54.4 Å². The van der Waals surface area contributed by atoms with Gasteiger partial charge < -0.3 is 10.6 Å². The van der Waals surface area contributed by atoms with Crippen molar-refractivity contribution < 1.29 is 0 Å². The summed E-state index contributed by atoms with van der Waals surface area (Å²) >= 11 is 0. The second-order valence-electron chi connectivity index (χ2n) is 5.23. The van der Waals surface area contributed by atoms with Crippen molar-refractivity contribution >= 4 is 5.96 Å². The van der Waals surface area contributed by atoms with Gasteiger partial charge >= 0.3 is 0 Å². The summed E-state index contributed by atoms with van der Waals surface area (Å²) in [6.07, 6.45) is 4.73. The van der Waals surface area contributed by atoms with Gasteiger partial charge in [-0.05, 0) is 43.4 Å². The first kappa shape index (κ1) is 15.5. The molecule has 0 aliphatic heterocycles. The van der Waals surface area contributed by atoms with E-state index in [-0.39, 0.29) is 0 Å². The second-order valence-corrected chi connectivity index (χ2v) is 5.23. The molecule has 0 bridgehead atoms. The average molecular weight is 262 g/mol. The Kier molecular flexibility index (Phi) is 6.33. The number of aromatic nitrogens is 1. The van der Waals surface area contributed by atoms with E-state index < -0.39 is 0 Å². The van der Waals surface area contributed by atoms with E-state index in [4.69, 9.17) is 0 Å². The number of pyridine rings is 1. The van der Waals surface area contributed by atoms with Crippen LogP contribution in [0.4, 0.5) is 0 Å². The Morgan fingerprint density at radius 2 is 2.11 bits per heavy atom. The number of nitrogens with zero attached hydrogens (tertiary/aromatic N) is 2. The monoisotopic (exact) mass is 262 g/mol. The van der Waals surface area contributed by atoms with Crippen LogP contribution in [0.15, 0.2) is 23.5 Å². The third kappa shape index (κ3) is 5.28. The van der Waals surface area contributed by atoms with Crippen LogP contribution in [0.1, 0.15) is 31.9 Å². The van der Waals surface area contributed by atoms with Crippen molar-refractivity contribution in [3.8, 4) is 0 Å². The van der Waals surface area contributed by atoms with Gasteiger partial charge in [-0.2, -0.15) is 0 Å². The van der Waals surface area contributed by atoms with Crippen molar-refractivity contribution in [2.45, 2.75) is 40.2 Å². The lowest BCUT2D eigenvalue weighted by atomic mass is 10.1. The van der Waals surface area contributed by atoms with Crippen LogP contribution in [0.5, 0.6) is 0 Å². The number of aliphatic imine (C=N–C) groups is 1. The van der Waals surface area contributed by atoms with Crippen LogP contribution < -0.4 is 10.6 Å². The zero-order valence-corrected chi connectivity index (χ0v) is 12.7. The van der Waals surface area contributed by atoms with Crippen LogP contribution in [-0.4, -0.2) is 30.6 Å². The molecule has 0 saturated carbocycles. The van der Waals surface area contributed by atoms with Crippen molar-refractivity contribution in [2.24, 2.45) is 10.9 Å². The minimum Gasteiger partial charge on any atom is -0.356 e. The molecule has 0 amide bonds. The van der Waals surface area contributed by atoms with Crippen molar-refractivity contribution in [1.82, 2.24) is 15.6 Å². The van der Waals surface area contributed by atoms with Gasteiger partial charge in [0.1, 0.15) is 0 Å². The summed E-state index contributed by atoms with van der Waals surface area (Å²) in [5.41, 5.74) is 2.57. The van der Waals surface area contributed by atoms with E-state index in [0.717, 1.165) is 18.9 Å². The van der Waals surface area contributed by atoms with Gasteiger partial charge in [-0.1, -0.05) is 13.8 Å². The number of rotatable bonds is 5. The van der Waals surface area contributed by atoms with E-state index in [1.54, 1.807) is 7.05 Å². The molecule has 2 N–H and O–H groups in total. The van der Waals surface area contributed by atoms with Crippen LogP contribution >= 0.6 is 0 Å². The highest BCUT2D eigenvalue weighted by molar-refractivity contribution is 5.79. The Balaban J connectivity index is 2.41. The molecule has 0 saturated heterocycles. The lowest BCUT2D eigenvalue weighted by Crippen LogP contribution is -2.44. The highest BCUT2D eigenvalue weighted by Gasteiger charge is 2.08. The van der Waals surface area contributed by atoms with E-state index >= 15 is 0 Å². The predicted octanol–water partition coefficient (Wildman–Crippen LogP) is 2.14. The molecule has 19 heavy (non-hydrogen) atoms. The number of hydrogen-bond acceptors (Lipinski definition) is 2. The molecule has 0 spiro atoms. The van der Waals surface area contributed by atoms with Gasteiger partial charge in [0, 0.05) is 32.0 Å². The molecule has 1 unspecified atom stereocenters. The standard InChI is InChI=1S/C15H26N4/c1-11(2)13(4)19-15(16-5)18-9-7-14-6-8-17-10-12(14)3/h6,8,10-11,13H,7,9H2,1-5H3,(H2,16,18,19). The zero-order chi connectivity index (χ0) is 14.3. The maximum atomic E-state index is 4.25. The lowest BCUT2D eigenvalue weighted by Gasteiger charge is -2.20. The molecule has 0 aliphatic carbocycles. The van der Waals surface area contributed by atoms with Crippen molar-refractivity contribution in [3.63, 3.8) is 0 Å². The van der Waals surface area contributed by atoms with Crippen LogP contribution in [0, 0.1) is 12.8 Å². The fraction of sp³-hybridized carbons (Fsp3) is 0.600. The first-order valence-corrected chi connectivity index (χ1v) is 6.91. The number of guanidine groups is 1. The van der Waals surface area contributed by atoms with Crippen LogP contribution in [0.3, 0.4) is 0 Å². The van der Waals surface area contributed by atoms with Gasteiger partial charge in [0.05, 0.1) is 0 Å². The summed E-state index contributed by atoms with van der Waals surface area (Å²) in [5, 5.41) is 6.74. The fourth-order valence-corrected chi connectivity index (χ4v) is 1.68. The Bertz CT molecular complexity index is 412. The Labute approximate surface area is 116 Å². The minimum atomic E-state index is 0.411. The summed E-state index contributed by atoms with van der Waals surface area (Å²) in [6.45, 7) is 9.53. The number of hydrogen-bond donors (Lipinski definition) is 2. The van der Waals surface area contributed by atoms with Crippen molar-refractivity contribution in [3.05, 3.63) is 29.6 Å². The van der Waals surface area contributed by atoms with Gasteiger partial charge in [0.25, 0.3) is 0 Å². The Hall–Kier alpha value is -1.58. The Morgan fingerprint density at radius 3 is 2.68 bits per heavy atom. The van der Waals surface area contributed by atoms with E-state index in [0.29, 0.717) is 12.0 Å². The third-order valence-electron chi connectivity index (χ3n) is 3.41. The normalized spacial score (nSPS) is 13.5. The summed E-state index contributed by atoms with van der Waals surface area (Å²) in [5.74, 6) is 1.45. The van der Waals surface area contributed by atoms with Gasteiger partial charge in [-0.25, -0.2) is 0 Å². The summed E-state index contributed by atoms with van der Waals surface area (Å²) in [7, 11) is 1.81. The van der Waals surface area contributed by atoms with E-state index in [1.165, 1.54) is 11.1 Å². The maximum Gasteiger partial charge on any atom is 0.191 e. The molecule has 4 heteroatoms. The summed E-state index contributed by atoms with van der Waals surface area (Å²) < 4.78 is 0. The Morgan fingerprint density at radius 1 is 1.37 bits per heavy atom. The molecule has 0 fully saturated rings. The van der Waals surface area contributed by atoms with Gasteiger partial charge in [0.15, 0.2) is 5.96 Å². The number of nitrogens with one attached hydrogen (secondary N) is 2. The largest absolute Gasteiger partial charge is 0.356 e. The maximum absolute atomic E-state index is 4.25. The molecule has 0 radical (unpaired) electrons. The van der Waals surface area contributed by atoms with E-state index in [9.17, 15) is 0 Å². The number of aryl methyl sites for hydroxylation is 1. The molecule has 1 heterocycles. The molecule has 1 rings (SSSR count). The second kappa shape index (κ2) is 7.77. The molecule has 4 nitrogen and oxygen atoms in total. The smallest absolute Gasteiger partial charge is 0.191 e. The molecular formula is C15H26N4. The lowest BCUT2D eigenvalue weighted by molar-refractivity contribution is 0.481. The quantitative estimate of drug-likeness (QED) is 0.631. The zero-order valence-electron chi connectivity index (χ0n) is 12.7. The summed E-state index contributed by atoms with van der Waals surface area (Å²) in [4.78, 5) is 8.35.